The molecule has 2 fully saturated rings. The molecule has 1 aromatic heterocycles. The van der Waals surface area contributed by atoms with E-state index >= 15 is 0 Å². The molecule has 0 aliphatic heterocycles. The average molecular weight is 275 g/mol. The van der Waals surface area contributed by atoms with Crippen molar-refractivity contribution < 1.29 is 0 Å². The van der Waals surface area contributed by atoms with E-state index in [2.05, 4.69) is 55.8 Å². The maximum Gasteiger partial charge on any atom is 0.0855 e. The van der Waals surface area contributed by atoms with E-state index < -0.39 is 0 Å². The lowest BCUT2D eigenvalue weighted by atomic mass is 9.64. The van der Waals surface area contributed by atoms with Crippen LogP contribution in [-0.4, -0.2) is 15.0 Å². The molecule has 0 spiro atoms. The number of fused-ring (bicyclic) bond motifs is 2. The van der Waals surface area contributed by atoms with E-state index in [1.807, 2.05) is 0 Å². The lowest BCUT2D eigenvalue weighted by Crippen LogP contribution is -2.49. The van der Waals surface area contributed by atoms with Crippen molar-refractivity contribution in [2.75, 3.05) is 0 Å². The van der Waals surface area contributed by atoms with Crippen molar-refractivity contribution in [2.45, 2.75) is 78.2 Å². The highest BCUT2D eigenvalue weighted by Crippen LogP contribution is 2.64. The van der Waals surface area contributed by atoms with Crippen LogP contribution in [0.15, 0.2) is 6.20 Å². The largest absolute Gasteiger partial charge is 0.246 e. The summed E-state index contributed by atoms with van der Waals surface area (Å²) >= 11 is 0. The monoisotopic (exact) mass is 275 g/mol. The molecular weight excluding hydrogens is 246 g/mol. The zero-order valence-corrected chi connectivity index (χ0v) is 13.7. The molecule has 4 atom stereocenters. The van der Waals surface area contributed by atoms with Crippen LogP contribution in [0.25, 0.3) is 0 Å². The molecule has 4 unspecified atom stereocenters. The number of nitrogens with zero attached hydrogens (tertiary/aromatic N) is 3. The highest BCUT2D eigenvalue weighted by Gasteiger charge is 2.62. The van der Waals surface area contributed by atoms with Gasteiger partial charge in [-0.1, -0.05) is 39.3 Å². The first-order chi connectivity index (χ1) is 9.41. The van der Waals surface area contributed by atoms with E-state index in [-0.39, 0.29) is 5.54 Å². The molecule has 2 saturated carbocycles. The van der Waals surface area contributed by atoms with Gasteiger partial charge >= 0.3 is 0 Å². The smallest absolute Gasteiger partial charge is 0.0855 e. The molecule has 0 N–H and O–H groups in total. The predicted octanol–water partition coefficient (Wildman–Crippen LogP) is 4.35. The van der Waals surface area contributed by atoms with Crippen LogP contribution in [0.1, 0.15) is 78.3 Å². The van der Waals surface area contributed by atoms with Gasteiger partial charge < -0.3 is 0 Å². The van der Waals surface area contributed by atoms with Crippen molar-refractivity contribution in [3.05, 3.63) is 11.9 Å². The average Bonchev–Trinajstić information content (AvgIpc) is 3.09. The minimum Gasteiger partial charge on any atom is -0.246 e. The summed E-state index contributed by atoms with van der Waals surface area (Å²) < 4.78 is 2.22. The fraction of sp³-hybridized carbons (Fsp3) is 0.882. The molecule has 1 aromatic rings. The molecule has 112 valence electrons. The number of hydrogen-bond donors (Lipinski definition) is 0. The molecule has 0 aromatic carbocycles. The van der Waals surface area contributed by atoms with Gasteiger partial charge in [0.2, 0.25) is 0 Å². The highest BCUT2D eigenvalue weighted by atomic mass is 15.5. The predicted molar refractivity (Wildman–Crippen MR) is 81.6 cm³/mol. The van der Waals surface area contributed by atoms with E-state index in [1.54, 1.807) is 0 Å². The fourth-order valence-electron chi connectivity index (χ4n) is 4.88. The number of aromatic nitrogens is 3. The summed E-state index contributed by atoms with van der Waals surface area (Å²) in [5.41, 5.74) is 1.65. The summed E-state index contributed by atoms with van der Waals surface area (Å²) in [4.78, 5) is 0. The van der Waals surface area contributed by atoms with E-state index in [1.165, 1.54) is 37.8 Å². The molecule has 0 saturated heterocycles. The van der Waals surface area contributed by atoms with Crippen molar-refractivity contribution >= 4 is 0 Å². The van der Waals surface area contributed by atoms with Gasteiger partial charge in [-0.2, -0.15) is 0 Å². The van der Waals surface area contributed by atoms with E-state index in [9.17, 15) is 0 Å². The molecule has 2 aliphatic rings. The second-order valence-corrected chi connectivity index (χ2v) is 7.85. The van der Waals surface area contributed by atoms with Gasteiger partial charge in [0.15, 0.2) is 0 Å². The number of hydrogen-bond acceptors (Lipinski definition) is 2. The summed E-state index contributed by atoms with van der Waals surface area (Å²) in [6.07, 6.45) is 8.80. The molecule has 2 aliphatic carbocycles. The molecule has 20 heavy (non-hydrogen) atoms. The van der Waals surface area contributed by atoms with Crippen LogP contribution in [0.4, 0.5) is 0 Å². The van der Waals surface area contributed by atoms with E-state index in [0.717, 1.165) is 11.8 Å². The molecule has 3 nitrogen and oxygen atoms in total. The Kier molecular flexibility index (Phi) is 3.22. The van der Waals surface area contributed by atoms with Crippen LogP contribution in [0.2, 0.25) is 0 Å². The molecule has 0 radical (unpaired) electrons. The molecule has 3 rings (SSSR count). The Morgan fingerprint density at radius 2 is 2.00 bits per heavy atom. The summed E-state index contributed by atoms with van der Waals surface area (Å²) in [6, 6.07) is 0. The zero-order chi connectivity index (χ0) is 14.5. The van der Waals surface area contributed by atoms with Crippen molar-refractivity contribution in [3.8, 4) is 0 Å². The molecule has 0 amide bonds. The summed E-state index contributed by atoms with van der Waals surface area (Å²) in [6.45, 7) is 11.8. The maximum atomic E-state index is 4.55. The third kappa shape index (κ3) is 1.71. The van der Waals surface area contributed by atoms with Gasteiger partial charge in [0.05, 0.1) is 11.2 Å². The lowest BCUT2D eigenvalue weighted by molar-refractivity contribution is 0.0199. The SMILES string of the molecule is CCCC(C)c1cn(C2(C)C3CCC(C3)C2(C)C)nn1. The normalized spacial score (nSPS) is 36.5. The quantitative estimate of drug-likeness (QED) is 0.817. The minimum absolute atomic E-state index is 0.146. The second kappa shape index (κ2) is 4.57. The maximum absolute atomic E-state index is 4.55. The van der Waals surface area contributed by atoms with Crippen LogP contribution in [0.5, 0.6) is 0 Å². The van der Waals surface area contributed by atoms with Crippen LogP contribution >= 0.6 is 0 Å². The highest BCUT2D eigenvalue weighted by molar-refractivity contribution is 5.14. The van der Waals surface area contributed by atoms with E-state index in [4.69, 9.17) is 0 Å². The van der Waals surface area contributed by atoms with Crippen LogP contribution in [0.3, 0.4) is 0 Å². The van der Waals surface area contributed by atoms with Gasteiger partial charge in [-0.3, -0.25) is 0 Å². The van der Waals surface area contributed by atoms with Gasteiger partial charge in [0.1, 0.15) is 0 Å². The van der Waals surface area contributed by atoms with Crippen molar-refractivity contribution in [3.63, 3.8) is 0 Å². The van der Waals surface area contributed by atoms with Gasteiger partial charge in [-0.25, -0.2) is 4.68 Å². The van der Waals surface area contributed by atoms with Crippen LogP contribution in [0, 0.1) is 17.3 Å². The first kappa shape index (κ1) is 14.1. The fourth-order valence-corrected chi connectivity index (χ4v) is 4.88. The second-order valence-electron chi connectivity index (χ2n) is 7.85. The molecular formula is C17H29N3. The third-order valence-electron chi connectivity index (χ3n) is 6.77. The summed E-state index contributed by atoms with van der Waals surface area (Å²) in [5.74, 6) is 2.16. The Balaban J connectivity index is 1.93. The summed E-state index contributed by atoms with van der Waals surface area (Å²) in [7, 11) is 0. The third-order valence-corrected chi connectivity index (χ3v) is 6.77. The number of rotatable bonds is 4. The Morgan fingerprint density at radius 1 is 1.30 bits per heavy atom. The Hall–Kier alpha value is -0.860. The topological polar surface area (TPSA) is 30.7 Å². The first-order valence-corrected chi connectivity index (χ1v) is 8.34. The standard InChI is InChI=1S/C17H29N3/c1-6-7-12(2)15-11-20(19-18-15)17(5)14-9-8-13(10-14)16(17,3)4/h11-14H,6-10H2,1-5H3. The zero-order valence-electron chi connectivity index (χ0n) is 13.7. The Morgan fingerprint density at radius 3 is 2.60 bits per heavy atom. The lowest BCUT2D eigenvalue weighted by Gasteiger charge is -2.47. The van der Waals surface area contributed by atoms with E-state index in [0.29, 0.717) is 11.3 Å². The van der Waals surface area contributed by atoms with Crippen molar-refractivity contribution in [1.82, 2.24) is 15.0 Å². The van der Waals surface area contributed by atoms with Crippen molar-refractivity contribution in [2.24, 2.45) is 17.3 Å². The van der Waals surface area contributed by atoms with Crippen LogP contribution in [-0.2, 0) is 5.54 Å². The molecule has 3 heteroatoms. The minimum atomic E-state index is 0.146. The van der Waals surface area contributed by atoms with Crippen LogP contribution < -0.4 is 0 Å². The van der Waals surface area contributed by atoms with Gasteiger partial charge in [-0.15, -0.1) is 5.10 Å². The Bertz CT molecular complexity index is 490. The first-order valence-electron chi connectivity index (χ1n) is 8.34. The molecule has 1 heterocycles. The van der Waals surface area contributed by atoms with Gasteiger partial charge in [0, 0.05) is 12.1 Å². The molecule has 2 bridgehead atoms. The summed E-state index contributed by atoms with van der Waals surface area (Å²) in [5, 5.41) is 9.04. The Labute approximate surface area is 123 Å². The van der Waals surface area contributed by atoms with Crippen molar-refractivity contribution in [1.29, 1.82) is 0 Å². The van der Waals surface area contributed by atoms with Gasteiger partial charge in [-0.05, 0) is 49.9 Å². The van der Waals surface area contributed by atoms with Gasteiger partial charge in [0.25, 0.3) is 0 Å².